The summed E-state index contributed by atoms with van der Waals surface area (Å²) >= 11 is 0. The van der Waals surface area contributed by atoms with Gasteiger partial charge in [-0.15, -0.1) is 0 Å². The molecule has 0 unspecified atom stereocenters. The highest BCUT2D eigenvalue weighted by Gasteiger charge is 2.31. The van der Waals surface area contributed by atoms with Crippen molar-refractivity contribution >= 4 is 28.9 Å². The molecule has 1 aliphatic rings. The number of halogens is 3. The van der Waals surface area contributed by atoms with Crippen molar-refractivity contribution in [3.63, 3.8) is 0 Å². The molecule has 2 aromatic heterocycles. The molecule has 1 aliphatic heterocycles. The van der Waals surface area contributed by atoms with Gasteiger partial charge in [0.05, 0.1) is 16.8 Å². The van der Waals surface area contributed by atoms with Gasteiger partial charge >= 0.3 is 6.18 Å². The van der Waals surface area contributed by atoms with Crippen molar-refractivity contribution in [2.24, 2.45) is 0 Å². The summed E-state index contributed by atoms with van der Waals surface area (Å²) in [5, 5.41) is 9.35. The fourth-order valence-corrected chi connectivity index (χ4v) is 4.81. The number of carbonyl (C=O) groups excluding carboxylic acids is 1. The van der Waals surface area contributed by atoms with Crippen molar-refractivity contribution < 1.29 is 18.0 Å². The number of amides is 1. The van der Waals surface area contributed by atoms with Gasteiger partial charge in [-0.3, -0.25) is 4.79 Å². The fraction of sp³-hybridized carbons (Fsp3) is 0.323. The molecule has 10 nitrogen and oxygen atoms in total. The Hall–Kier alpha value is -4.62. The minimum atomic E-state index is -4.54. The van der Waals surface area contributed by atoms with Crippen molar-refractivity contribution in [1.29, 1.82) is 0 Å². The average Bonchev–Trinajstić information content (AvgIpc) is 3.02. The highest BCUT2D eigenvalue weighted by atomic mass is 19.4. The van der Waals surface area contributed by atoms with Crippen LogP contribution in [-0.4, -0.2) is 82.0 Å². The topological polar surface area (TPSA) is 111 Å². The summed E-state index contributed by atoms with van der Waals surface area (Å²) in [4.78, 5) is 35.0. The van der Waals surface area contributed by atoms with Gasteiger partial charge in [0, 0.05) is 61.9 Å². The van der Waals surface area contributed by atoms with Crippen molar-refractivity contribution in [1.82, 2.24) is 29.7 Å². The van der Waals surface area contributed by atoms with Gasteiger partial charge in [0.25, 0.3) is 5.91 Å². The first-order valence-electron chi connectivity index (χ1n) is 14.3. The summed E-state index contributed by atoms with van der Waals surface area (Å²) in [6, 6.07) is 11.3. The van der Waals surface area contributed by atoms with Crippen LogP contribution >= 0.6 is 0 Å². The predicted octanol–water partition coefficient (Wildman–Crippen LogP) is 5.31. The molecular formula is C31H34F3N9O. The molecule has 0 aliphatic carbocycles. The molecule has 0 atom stereocenters. The molecule has 13 heteroatoms. The van der Waals surface area contributed by atoms with Crippen LogP contribution in [0.25, 0.3) is 11.3 Å². The second kappa shape index (κ2) is 13.8. The molecule has 0 bridgehead atoms. The Balaban J connectivity index is 1.25. The quantitative estimate of drug-likeness (QED) is 0.207. The number of nitrogens with zero attached hydrogens (tertiary/aromatic N) is 6. The standard InChI is InChI=1S/C31H34F3N9O/c1-21-7-8-24(40-30(44)22-5-3-6-23(15-22)31(32,33)34)16-26(21)41-29-25(18-35-19-39-29)27-17-28(38-20-37-27)36-9-4-10-43-13-11-42(2)12-14-43/h3,5-8,15-20H,4,9-14H2,1-2H3,(H,40,44)(H,35,39,41)(H,36,37,38). The molecule has 1 amide bonds. The van der Waals surface area contributed by atoms with Crippen LogP contribution in [0, 0.1) is 6.92 Å². The van der Waals surface area contributed by atoms with E-state index >= 15 is 0 Å². The van der Waals surface area contributed by atoms with Crippen molar-refractivity contribution in [3.05, 3.63) is 84.1 Å². The lowest BCUT2D eigenvalue weighted by atomic mass is 10.1. The number of aromatic nitrogens is 4. The van der Waals surface area contributed by atoms with E-state index in [-0.39, 0.29) is 5.56 Å². The minimum Gasteiger partial charge on any atom is -0.370 e. The molecule has 230 valence electrons. The average molecular weight is 606 g/mol. The van der Waals surface area contributed by atoms with Crippen LogP contribution in [0.5, 0.6) is 0 Å². The van der Waals surface area contributed by atoms with Gasteiger partial charge in [0.1, 0.15) is 24.3 Å². The number of carbonyl (C=O) groups is 1. The summed E-state index contributed by atoms with van der Waals surface area (Å²) < 4.78 is 39.4. The second-order valence-electron chi connectivity index (χ2n) is 10.7. The molecule has 0 spiro atoms. The molecule has 0 radical (unpaired) electrons. The van der Waals surface area contributed by atoms with Gasteiger partial charge < -0.3 is 25.8 Å². The number of anilines is 4. The number of nitrogens with one attached hydrogen (secondary N) is 3. The Kier molecular flexibility index (Phi) is 9.65. The van der Waals surface area contributed by atoms with Gasteiger partial charge in [0.15, 0.2) is 0 Å². The zero-order valence-corrected chi connectivity index (χ0v) is 24.5. The van der Waals surface area contributed by atoms with E-state index in [1.54, 1.807) is 24.4 Å². The monoisotopic (exact) mass is 605 g/mol. The van der Waals surface area contributed by atoms with E-state index < -0.39 is 17.6 Å². The number of likely N-dealkylation sites (N-methyl/N-ethyl adjacent to an activating group) is 1. The molecule has 1 saturated heterocycles. The number of aryl methyl sites for hydroxylation is 1. The Morgan fingerprint density at radius 2 is 1.80 bits per heavy atom. The van der Waals surface area contributed by atoms with Crippen LogP contribution in [0.3, 0.4) is 0 Å². The van der Waals surface area contributed by atoms with Crippen LogP contribution in [0.1, 0.15) is 27.9 Å². The summed E-state index contributed by atoms with van der Waals surface area (Å²) in [5.74, 6) is 0.529. The lowest BCUT2D eigenvalue weighted by Crippen LogP contribution is -2.44. The molecule has 44 heavy (non-hydrogen) atoms. The third kappa shape index (κ3) is 8.05. The van der Waals surface area contributed by atoms with Gasteiger partial charge in [-0.05, 0) is 62.8 Å². The zero-order chi connectivity index (χ0) is 31.1. The van der Waals surface area contributed by atoms with Crippen LogP contribution in [0.15, 0.2) is 67.4 Å². The highest BCUT2D eigenvalue weighted by Crippen LogP contribution is 2.31. The van der Waals surface area contributed by atoms with E-state index in [9.17, 15) is 18.0 Å². The van der Waals surface area contributed by atoms with E-state index in [2.05, 4.69) is 52.7 Å². The fourth-order valence-electron chi connectivity index (χ4n) is 4.81. The van der Waals surface area contributed by atoms with Gasteiger partial charge in [0.2, 0.25) is 0 Å². The number of alkyl halides is 3. The summed E-state index contributed by atoms with van der Waals surface area (Å²) in [6.07, 6.45) is 1.01. The smallest absolute Gasteiger partial charge is 0.370 e. The first kappa shape index (κ1) is 30.8. The Morgan fingerprint density at radius 3 is 2.59 bits per heavy atom. The summed E-state index contributed by atoms with van der Waals surface area (Å²) in [6.45, 7) is 8.05. The molecule has 5 rings (SSSR count). The third-order valence-corrected chi connectivity index (χ3v) is 7.41. The lowest BCUT2D eigenvalue weighted by Gasteiger charge is -2.32. The molecular weight excluding hydrogens is 571 g/mol. The number of piperazine rings is 1. The SMILES string of the molecule is Cc1ccc(NC(=O)c2cccc(C(F)(F)F)c2)cc1Nc1ncncc1-c1cc(NCCCN2CCN(C)CC2)ncn1. The van der Waals surface area contributed by atoms with Crippen LogP contribution in [0.4, 0.5) is 36.2 Å². The first-order chi connectivity index (χ1) is 21.2. The van der Waals surface area contributed by atoms with E-state index in [1.165, 1.54) is 24.8 Å². The molecule has 4 aromatic rings. The van der Waals surface area contributed by atoms with E-state index in [0.29, 0.717) is 34.3 Å². The van der Waals surface area contributed by atoms with Crippen molar-refractivity contribution in [3.8, 4) is 11.3 Å². The van der Waals surface area contributed by atoms with Crippen molar-refractivity contribution in [2.45, 2.75) is 19.5 Å². The van der Waals surface area contributed by atoms with Gasteiger partial charge in [-0.1, -0.05) is 12.1 Å². The number of hydrogen-bond donors (Lipinski definition) is 3. The van der Waals surface area contributed by atoms with Gasteiger partial charge in [-0.2, -0.15) is 13.2 Å². The van der Waals surface area contributed by atoms with Crippen LogP contribution in [0.2, 0.25) is 0 Å². The Bertz CT molecular complexity index is 1590. The Morgan fingerprint density at radius 1 is 0.977 bits per heavy atom. The number of hydrogen-bond acceptors (Lipinski definition) is 9. The molecule has 3 heterocycles. The molecule has 3 N–H and O–H groups in total. The normalized spacial score (nSPS) is 14.3. The largest absolute Gasteiger partial charge is 0.416 e. The Labute approximate surface area is 253 Å². The van der Waals surface area contributed by atoms with E-state index in [0.717, 1.165) is 63.4 Å². The van der Waals surface area contributed by atoms with Gasteiger partial charge in [-0.25, -0.2) is 19.9 Å². The summed E-state index contributed by atoms with van der Waals surface area (Å²) in [7, 11) is 2.15. The highest BCUT2D eigenvalue weighted by molar-refractivity contribution is 6.04. The van der Waals surface area contributed by atoms with Crippen LogP contribution < -0.4 is 16.0 Å². The molecule has 0 saturated carbocycles. The maximum Gasteiger partial charge on any atom is 0.416 e. The van der Waals surface area contributed by atoms with E-state index in [4.69, 9.17) is 0 Å². The predicted molar refractivity (Wildman–Crippen MR) is 164 cm³/mol. The van der Waals surface area contributed by atoms with Crippen LogP contribution in [-0.2, 0) is 6.18 Å². The molecule has 1 fully saturated rings. The molecule has 2 aromatic carbocycles. The zero-order valence-electron chi connectivity index (χ0n) is 24.5. The maximum atomic E-state index is 13.1. The maximum absolute atomic E-state index is 13.1. The van der Waals surface area contributed by atoms with E-state index in [1.807, 2.05) is 13.0 Å². The first-order valence-corrected chi connectivity index (χ1v) is 14.3. The minimum absolute atomic E-state index is 0.0968. The lowest BCUT2D eigenvalue weighted by molar-refractivity contribution is -0.137. The number of rotatable bonds is 10. The third-order valence-electron chi connectivity index (χ3n) is 7.41. The summed E-state index contributed by atoms with van der Waals surface area (Å²) in [5.41, 5.74) is 2.19. The van der Waals surface area contributed by atoms with Crippen molar-refractivity contribution in [2.75, 3.05) is 62.3 Å². The number of benzene rings is 2. The second-order valence-corrected chi connectivity index (χ2v) is 10.7.